The fraction of sp³-hybridized carbons (Fsp3) is 0.250. The summed E-state index contributed by atoms with van der Waals surface area (Å²) in [7, 11) is 0. The van der Waals surface area contributed by atoms with Gasteiger partial charge in [0.05, 0.1) is 12.0 Å². The second-order valence-electron chi connectivity index (χ2n) is 5.61. The van der Waals surface area contributed by atoms with Crippen LogP contribution in [0.2, 0.25) is 0 Å². The summed E-state index contributed by atoms with van der Waals surface area (Å²) < 4.78 is 32.2. The van der Waals surface area contributed by atoms with Gasteiger partial charge in [0.1, 0.15) is 0 Å². The third-order valence-corrected chi connectivity index (χ3v) is 3.97. The molecule has 8 nitrogen and oxygen atoms in total. The second-order valence-corrected chi connectivity index (χ2v) is 5.61. The Balaban J connectivity index is 1.97. The van der Waals surface area contributed by atoms with Crippen molar-refractivity contribution in [3.05, 3.63) is 39.2 Å². The molecule has 1 aromatic carbocycles. The number of fused-ring (bicyclic) bond motifs is 1. The van der Waals surface area contributed by atoms with Gasteiger partial charge in [-0.25, -0.2) is 14.0 Å². The third-order valence-electron chi connectivity index (χ3n) is 3.97. The molecular formula is C16H11F2NO7. The van der Waals surface area contributed by atoms with Crippen LogP contribution in [0.4, 0.5) is 8.78 Å². The second kappa shape index (κ2) is 6.21. The average molecular weight is 367 g/mol. The van der Waals surface area contributed by atoms with Crippen molar-refractivity contribution in [3.8, 4) is 5.75 Å². The molecule has 1 N–H and O–H groups in total. The zero-order valence-electron chi connectivity index (χ0n) is 13.3. The number of phenolic OH excluding ortho intramolecular Hbond substituents is 1. The molecule has 3 rings (SSSR count). The predicted octanol–water partition coefficient (Wildman–Crippen LogP) is 1.23. The van der Waals surface area contributed by atoms with Crippen LogP contribution in [-0.2, 0) is 25.6 Å². The van der Waals surface area contributed by atoms with Gasteiger partial charge in [0.2, 0.25) is 5.82 Å². The lowest BCUT2D eigenvalue weighted by molar-refractivity contribution is -0.197. The number of rotatable bonds is 3. The highest BCUT2D eigenvalue weighted by Crippen LogP contribution is 2.30. The molecule has 2 amide bonds. The molecule has 1 aromatic heterocycles. The van der Waals surface area contributed by atoms with E-state index in [0.717, 1.165) is 6.07 Å². The minimum absolute atomic E-state index is 0.0325. The Bertz CT molecular complexity index is 1010. The predicted molar refractivity (Wildman–Crippen MR) is 79.7 cm³/mol. The summed E-state index contributed by atoms with van der Waals surface area (Å²) in [6.45, 7) is 1.32. The molecule has 2 heterocycles. The zero-order chi connectivity index (χ0) is 19.2. The van der Waals surface area contributed by atoms with E-state index in [4.69, 9.17) is 4.42 Å². The summed E-state index contributed by atoms with van der Waals surface area (Å²) in [5.74, 6) is -6.48. The van der Waals surface area contributed by atoms with E-state index in [1.165, 1.54) is 6.92 Å². The van der Waals surface area contributed by atoms with Gasteiger partial charge >= 0.3 is 11.6 Å². The van der Waals surface area contributed by atoms with Crippen molar-refractivity contribution in [2.45, 2.75) is 26.2 Å². The Hall–Kier alpha value is -3.30. The normalized spacial score (nSPS) is 14.3. The largest absolute Gasteiger partial charge is 0.503 e. The smallest absolute Gasteiger partial charge is 0.340 e. The number of imide groups is 1. The van der Waals surface area contributed by atoms with Gasteiger partial charge < -0.3 is 14.4 Å². The Morgan fingerprint density at radius 1 is 1.27 bits per heavy atom. The number of phenols is 1. The fourth-order valence-electron chi connectivity index (χ4n) is 2.58. The maximum absolute atomic E-state index is 13.9. The van der Waals surface area contributed by atoms with Gasteiger partial charge in [-0.05, 0) is 18.6 Å². The number of amides is 2. The molecule has 0 atom stereocenters. The van der Waals surface area contributed by atoms with Crippen molar-refractivity contribution in [2.75, 3.05) is 0 Å². The fourth-order valence-corrected chi connectivity index (χ4v) is 2.58. The number of hydrogen-bond donors (Lipinski definition) is 1. The number of carbonyl (C=O) groups is 3. The Kier molecular flexibility index (Phi) is 4.18. The summed E-state index contributed by atoms with van der Waals surface area (Å²) in [5, 5.41) is 9.41. The highest BCUT2D eigenvalue weighted by molar-refractivity contribution is 6.01. The van der Waals surface area contributed by atoms with Crippen molar-refractivity contribution in [2.24, 2.45) is 0 Å². The van der Waals surface area contributed by atoms with Crippen molar-refractivity contribution < 1.29 is 37.5 Å². The van der Waals surface area contributed by atoms with Crippen LogP contribution in [0.3, 0.4) is 0 Å². The van der Waals surface area contributed by atoms with E-state index in [9.17, 15) is 33.1 Å². The molecule has 1 saturated heterocycles. The third kappa shape index (κ3) is 2.79. The first kappa shape index (κ1) is 17.5. The maximum atomic E-state index is 13.9. The summed E-state index contributed by atoms with van der Waals surface area (Å²) in [6.07, 6.45) is -0.873. The number of aryl methyl sites for hydroxylation is 1. The van der Waals surface area contributed by atoms with Crippen LogP contribution in [0.5, 0.6) is 5.75 Å². The molecule has 0 bridgehead atoms. The van der Waals surface area contributed by atoms with Gasteiger partial charge in [-0.3, -0.25) is 9.59 Å². The van der Waals surface area contributed by atoms with E-state index in [0.29, 0.717) is 5.06 Å². The molecule has 0 spiro atoms. The molecule has 0 aliphatic carbocycles. The van der Waals surface area contributed by atoms with Gasteiger partial charge in [-0.2, -0.15) is 4.39 Å². The molecule has 1 aliphatic heterocycles. The molecule has 26 heavy (non-hydrogen) atoms. The molecule has 10 heteroatoms. The van der Waals surface area contributed by atoms with E-state index in [1.54, 1.807) is 0 Å². The first-order valence-electron chi connectivity index (χ1n) is 7.40. The van der Waals surface area contributed by atoms with Crippen LogP contribution in [0, 0.1) is 18.6 Å². The summed E-state index contributed by atoms with van der Waals surface area (Å²) in [4.78, 5) is 51.5. The van der Waals surface area contributed by atoms with E-state index >= 15 is 0 Å². The highest BCUT2D eigenvalue weighted by atomic mass is 19.1. The minimum atomic E-state index is -1.44. The number of nitrogens with zero attached hydrogens (tertiary/aromatic N) is 1. The molecule has 1 fully saturated rings. The van der Waals surface area contributed by atoms with E-state index < -0.39 is 52.8 Å². The number of halogens is 2. The summed E-state index contributed by atoms with van der Waals surface area (Å²) in [5.41, 5.74) is -1.99. The lowest BCUT2D eigenvalue weighted by atomic mass is 10.0. The standard InChI is InChI=1S/C16H11F2NO7/c1-6-7-4-9(17)14(23)13(18)15(7)25-16(24)8(6)5-12(22)26-19-10(20)2-3-11(19)21/h4,23H,2-3,5H2,1H3. The van der Waals surface area contributed by atoms with Gasteiger partial charge in [-0.15, -0.1) is 5.06 Å². The Morgan fingerprint density at radius 2 is 1.88 bits per heavy atom. The molecule has 2 aromatic rings. The highest BCUT2D eigenvalue weighted by Gasteiger charge is 2.33. The minimum Gasteiger partial charge on any atom is -0.503 e. The number of carbonyl (C=O) groups excluding carboxylic acids is 3. The Labute approximate surface area is 143 Å². The van der Waals surface area contributed by atoms with Crippen LogP contribution in [-0.4, -0.2) is 28.0 Å². The summed E-state index contributed by atoms with van der Waals surface area (Å²) >= 11 is 0. The van der Waals surface area contributed by atoms with Crippen LogP contribution >= 0.6 is 0 Å². The maximum Gasteiger partial charge on any atom is 0.340 e. The molecule has 0 unspecified atom stereocenters. The molecule has 1 aliphatic rings. The number of aromatic hydroxyl groups is 1. The first-order valence-corrected chi connectivity index (χ1v) is 7.40. The molecule has 136 valence electrons. The topological polar surface area (TPSA) is 114 Å². The Morgan fingerprint density at radius 3 is 2.50 bits per heavy atom. The van der Waals surface area contributed by atoms with Crippen LogP contribution < -0.4 is 5.63 Å². The monoisotopic (exact) mass is 367 g/mol. The lowest BCUT2D eigenvalue weighted by Crippen LogP contribution is -2.33. The van der Waals surface area contributed by atoms with Crippen molar-refractivity contribution >= 4 is 28.8 Å². The van der Waals surface area contributed by atoms with Crippen molar-refractivity contribution in [1.82, 2.24) is 5.06 Å². The van der Waals surface area contributed by atoms with Crippen molar-refractivity contribution in [1.29, 1.82) is 0 Å². The van der Waals surface area contributed by atoms with E-state index in [1.807, 2.05) is 0 Å². The van der Waals surface area contributed by atoms with Gasteiger partial charge in [0, 0.05) is 18.2 Å². The first-order chi connectivity index (χ1) is 12.2. The van der Waals surface area contributed by atoms with Crippen LogP contribution in [0.15, 0.2) is 15.3 Å². The van der Waals surface area contributed by atoms with Crippen LogP contribution in [0.1, 0.15) is 24.0 Å². The molecule has 0 saturated carbocycles. The SMILES string of the molecule is Cc1c(CC(=O)ON2C(=O)CCC2=O)c(=O)oc2c(F)c(O)c(F)cc12. The van der Waals surface area contributed by atoms with E-state index in [2.05, 4.69) is 4.84 Å². The van der Waals surface area contributed by atoms with Crippen LogP contribution in [0.25, 0.3) is 11.0 Å². The number of benzene rings is 1. The zero-order valence-corrected chi connectivity index (χ0v) is 13.3. The average Bonchev–Trinajstić information content (AvgIpc) is 2.90. The lowest BCUT2D eigenvalue weighted by Gasteiger charge is -2.13. The van der Waals surface area contributed by atoms with Crippen molar-refractivity contribution in [3.63, 3.8) is 0 Å². The molecular weight excluding hydrogens is 356 g/mol. The molecule has 0 radical (unpaired) electrons. The van der Waals surface area contributed by atoms with Gasteiger partial charge in [0.25, 0.3) is 11.8 Å². The quantitative estimate of drug-likeness (QED) is 0.641. The van der Waals surface area contributed by atoms with Gasteiger partial charge in [-0.1, -0.05) is 0 Å². The number of hydroxylamine groups is 2. The van der Waals surface area contributed by atoms with Gasteiger partial charge in [0.15, 0.2) is 17.1 Å². The summed E-state index contributed by atoms with van der Waals surface area (Å²) in [6, 6.07) is 0.758. The number of hydrogen-bond acceptors (Lipinski definition) is 7. The van der Waals surface area contributed by atoms with E-state index in [-0.39, 0.29) is 29.4 Å².